The van der Waals surface area contributed by atoms with Gasteiger partial charge in [0.1, 0.15) is 5.15 Å². The minimum absolute atomic E-state index is 0.196. The van der Waals surface area contributed by atoms with Gasteiger partial charge in [0, 0.05) is 22.9 Å². The predicted octanol–water partition coefficient (Wildman–Crippen LogP) is 4.85. The molecule has 2 nitrogen and oxygen atoms in total. The first kappa shape index (κ1) is 13.9. The molecular formula is C12H7Cl4NO. The third-order valence-corrected chi connectivity index (χ3v) is 3.78. The molecule has 1 heterocycles. The lowest BCUT2D eigenvalue weighted by Crippen LogP contribution is -1.91. The van der Waals surface area contributed by atoms with E-state index in [2.05, 4.69) is 4.98 Å². The van der Waals surface area contributed by atoms with Crippen molar-refractivity contribution in [1.82, 2.24) is 4.98 Å². The lowest BCUT2D eigenvalue weighted by atomic mass is 10.1. The van der Waals surface area contributed by atoms with Crippen LogP contribution in [0.25, 0.3) is 11.1 Å². The molecule has 1 N–H and O–H groups in total. The first-order valence-corrected chi connectivity index (χ1v) is 6.44. The summed E-state index contributed by atoms with van der Waals surface area (Å²) < 4.78 is 0. The lowest BCUT2D eigenvalue weighted by molar-refractivity contribution is 0.281. The van der Waals surface area contributed by atoms with Crippen LogP contribution in [0.2, 0.25) is 20.2 Å². The summed E-state index contributed by atoms with van der Waals surface area (Å²) in [5.41, 5.74) is 1.92. The number of hydrogen-bond acceptors (Lipinski definition) is 2. The van der Waals surface area contributed by atoms with Crippen LogP contribution >= 0.6 is 46.4 Å². The number of aromatic nitrogens is 1. The van der Waals surface area contributed by atoms with Crippen molar-refractivity contribution in [3.8, 4) is 11.1 Å². The third-order valence-electron chi connectivity index (χ3n) is 2.40. The van der Waals surface area contributed by atoms with E-state index in [-0.39, 0.29) is 11.8 Å². The lowest BCUT2D eigenvalue weighted by Gasteiger charge is -2.08. The zero-order valence-electron chi connectivity index (χ0n) is 8.92. The Balaban J connectivity index is 2.58. The zero-order valence-corrected chi connectivity index (χ0v) is 11.9. The summed E-state index contributed by atoms with van der Waals surface area (Å²) in [4.78, 5) is 3.99. The van der Waals surface area contributed by atoms with Crippen LogP contribution in [0.4, 0.5) is 0 Å². The minimum atomic E-state index is -0.196. The Morgan fingerprint density at radius 2 is 1.61 bits per heavy atom. The molecule has 0 fully saturated rings. The van der Waals surface area contributed by atoms with E-state index in [9.17, 15) is 0 Å². The highest BCUT2D eigenvalue weighted by Gasteiger charge is 2.10. The van der Waals surface area contributed by atoms with Crippen LogP contribution in [0.3, 0.4) is 0 Å². The molecule has 0 radical (unpaired) electrons. The van der Waals surface area contributed by atoms with E-state index in [0.29, 0.717) is 31.8 Å². The Kier molecular flexibility index (Phi) is 4.36. The van der Waals surface area contributed by atoms with Crippen molar-refractivity contribution in [2.24, 2.45) is 0 Å². The molecule has 0 aliphatic carbocycles. The van der Waals surface area contributed by atoms with Crippen LogP contribution in [0.15, 0.2) is 24.4 Å². The number of nitrogens with zero attached hydrogens (tertiary/aromatic N) is 1. The normalized spacial score (nSPS) is 10.7. The Bertz CT molecular complexity index is 601. The van der Waals surface area contributed by atoms with E-state index in [4.69, 9.17) is 51.5 Å². The SMILES string of the molecule is OCc1cc(-c2cc(Cl)c(Cl)cc2Cl)cnc1Cl. The maximum Gasteiger partial charge on any atom is 0.134 e. The average molecular weight is 323 g/mol. The number of aliphatic hydroxyl groups is 1. The monoisotopic (exact) mass is 321 g/mol. The molecule has 2 aromatic rings. The highest BCUT2D eigenvalue weighted by Crippen LogP contribution is 2.35. The second kappa shape index (κ2) is 5.64. The van der Waals surface area contributed by atoms with Crippen molar-refractivity contribution in [2.45, 2.75) is 6.61 Å². The summed E-state index contributed by atoms with van der Waals surface area (Å²) in [6.07, 6.45) is 1.56. The topological polar surface area (TPSA) is 33.1 Å². The molecule has 2 rings (SSSR count). The molecule has 6 heteroatoms. The molecule has 0 unspecified atom stereocenters. The fourth-order valence-electron chi connectivity index (χ4n) is 1.50. The molecular weight excluding hydrogens is 316 g/mol. The molecule has 1 aromatic carbocycles. The van der Waals surface area contributed by atoms with Crippen LogP contribution < -0.4 is 0 Å². The molecule has 0 amide bonds. The fraction of sp³-hybridized carbons (Fsp3) is 0.0833. The van der Waals surface area contributed by atoms with Gasteiger partial charge in [-0.3, -0.25) is 0 Å². The van der Waals surface area contributed by atoms with Gasteiger partial charge in [-0.05, 0) is 18.2 Å². The average Bonchev–Trinajstić information content (AvgIpc) is 2.35. The van der Waals surface area contributed by atoms with E-state index in [0.717, 1.165) is 0 Å². The second-order valence-electron chi connectivity index (χ2n) is 3.58. The molecule has 1 aromatic heterocycles. The van der Waals surface area contributed by atoms with Gasteiger partial charge < -0.3 is 5.11 Å². The van der Waals surface area contributed by atoms with Crippen molar-refractivity contribution < 1.29 is 5.11 Å². The first-order chi connectivity index (χ1) is 8.52. The van der Waals surface area contributed by atoms with E-state index >= 15 is 0 Å². The number of rotatable bonds is 2. The van der Waals surface area contributed by atoms with Gasteiger partial charge in [-0.1, -0.05) is 46.4 Å². The molecule has 94 valence electrons. The molecule has 0 bridgehead atoms. The maximum absolute atomic E-state index is 9.15. The summed E-state index contributed by atoms with van der Waals surface area (Å²) in [5, 5.41) is 10.7. The second-order valence-corrected chi connectivity index (χ2v) is 5.16. The highest BCUT2D eigenvalue weighted by atomic mass is 35.5. The molecule has 0 saturated carbocycles. The fourth-order valence-corrected chi connectivity index (χ4v) is 2.31. The number of benzene rings is 1. The number of aliphatic hydroxyl groups excluding tert-OH is 1. The maximum atomic E-state index is 9.15. The minimum Gasteiger partial charge on any atom is -0.392 e. The Labute approximate surface area is 124 Å². The zero-order chi connectivity index (χ0) is 13.3. The summed E-state index contributed by atoms with van der Waals surface area (Å²) in [7, 11) is 0. The van der Waals surface area contributed by atoms with Gasteiger partial charge in [0.25, 0.3) is 0 Å². The summed E-state index contributed by atoms with van der Waals surface area (Å²) in [6, 6.07) is 4.92. The quantitative estimate of drug-likeness (QED) is 0.633. The molecule has 0 aliphatic rings. The Morgan fingerprint density at radius 3 is 2.28 bits per heavy atom. The van der Waals surface area contributed by atoms with Crippen molar-refractivity contribution in [1.29, 1.82) is 0 Å². The van der Waals surface area contributed by atoms with Gasteiger partial charge in [-0.25, -0.2) is 4.98 Å². The Morgan fingerprint density at radius 1 is 0.944 bits per heavy atom. The van der Waals surface area contributed by atoms with Crippen molar-refractivity contribution in [3.05, 3.63) is 50.2 Å². The van der Waals surface area contributed by atoms with E-state index < -0.39 is 0 Å². The van der Waals surface area contributed by atoms with Crippen LogP contribution in [-0.4, -0.2) is 10.1 Å². The number of pyridine rings is 1. The van der Waals surface area contributed by atoms with E-state index in [1.807, 2.05) is 0 Å². The molecule has 0 aliphatic heterocycles. The first-order valence-electron chi connectivity index (χ1n) is 4.93. The van der Waals surface area contributed by atoms with Gasteiger partial charge in [-0.2, -0.15) is 0 Å². The van der Waals surface area contributed by atoms with Crippen LogP contribution in [0.5, 0.6) is 0 Å². The van der Waals surface area contributed by atoms with Gasteiger partial charge in [0.2, 0.25) is 0 Å². The molecule has 0 atom stereocenters. The largest absolute Gasteiger partial charge is 0.392 e. The predicted molar refractivity (Wildman–Crippen MR) is 75.6 cm³/mol. The van der Waals surface area contributed by atoms with Gasteiger partial charge in [0.15, 0.2) is 0 Å². The highest BCUT2D eigenvalue weighted by molar-refractivity contribution is 6.44. The summed E-state index contributed by atoms with van der Waals surface area (Å²) >= 11 is 23.8. The standard InChI is InChI=1S/C12H7Cl4NO/c13-9-3-11(15)10(14)2-8(9)6-1-7(5-18)12(16)17-4-6/h1-4,18H,5H2. The van der Waals surface area contributed by atoms with Gasteiger partial charge in [0.05, 0.1) is 21.7 Å². The number of hydrogen-bond donors (Lipinski definition) is 1. The van der Waals surface area contributed by atoms with Gasteiger partial charge >= 0.3 is 0 Å². The molecule has 18 heavy (non-hydrogen) atoms. The van der Waals surface area contributed by atoms with Crippen LogP contribution in [-0.2, 0) is 6.61 Å². The van der Waals surface area contributed by atoms with E-state index in [1.165, 1.54) is 0 Å². The van der Waals surface area contributed by atoms with Crippen molar-refractivity contribution in [3.63, 3.8) is 0 Å². The van der Waals surface area contributed by atoms with Crippen molar-refractivity contribution >= 4 is 46.4 Å². The summed E-state index contributed by atoms with van der Waals surface area (Å²) in [6.45, 7) is -0.196. The molecule has 0 saturated heterocycles. The third kappa shape index (κ3) is 2.73. The number of halogens is 4. The van der Waals surface area contributed by atoms with Crippen LogP contribution in [0, 0.1) is 0 Å². The molecule has 0 spiro atoms. The van der Waals surface area contributed by atoms with Crippen LogP contribution in [0.1, 0.15) is 5.56 Å². The van der Waals surface area contributed by atoms with Crippen molar-refractivity contribution in [2.75, 3.05) is 0 Å². The van der Waals surface area contributed by atoms with E-state index in [1.54, 1.807) is 24.4 Å². The van der Waals surface area contributed by atoms with Gasteiger partial charge in [-0.15, -0.1) is 0 Å². The Hall–Kier alpha value is -0.510. The smallest absolute Gasteiger partial charge is 0.134 e. The summed E-state index contributed by atoms with van der Waals surface area (Å²) in [5.74, 6) is 0.